The molecule has 20 heavy (non-hydrogen) atoms. The molecule has 2 aromatic rings. The summed E-state index contributed by atoms with van der Waals surface area (Å²) in [7, 11) is 1.42. The number of ether oxygens (including phenoxy) is 1. The predicted octanol–water partition coefficient (Wildman–Crippen LogP) is 3.98. The van der Waals surface area contributed by atoms with Crippen molar-refractivity contribution in [2.75, 3.05) is 12.4 Å². The molecule has 2 aromatic carbocycles. The molecule has 0 saturated carbocycles. The number of hydrogen-bond donors (Lipinski definition) is 1. The Hall–Kier alpha value is -2.08. The number of hydrogen-bond acceptors (Lipinski definition) is 4. The number of nitrogens with one attached hydrogen (secondary N) is 1. The molecule has 0 amide bonds. The normalized spacial score (nSPS) is 10.1. The molecule has 0 aromatic heterocycles. The molecule has 0 aliphatic heterocycles. The van der Waals surface area contributed by atoms with Crippen LogP contribution in [0, 0.1) is 10.1 Å². The molecule has 0 heterocycles. The van der Waals surface area contributed by atoms with E-state index in [2.05, 4.69) is 21.2 Å². The van der Waals surface area contributed by atoms with Gasteiger partial charge in [0.05, 0.1) is 12.0 Å². The number of methoxy groups -OCH3 is 1. The summed E-state index contributed by atoms with van der Waals surface area (Å²) in [5, 5.41) is 14.0. The van der Waals surface area contributed by atoms with Crippen molar-refractivity contribution in [3.63, 3.8) is 0 Å². The largest absolute Gasteiger partial charge is 0.490 e. The topological polar surface area (TPSA) is 64.4 Å². The van der Waals surface area contributed by atoms with Crippen molar-refractivity contribution in [2.45, 2.75) is 6.54 Å². The van der Waals surface area contributed by atoms with Crippen molar-refractivity contribution in [3.8, 4) is 5.75 Å². The Bertz CT molecular complexity index is 614. The average molecular weight is 337 g/mol. The maximum absolute atomic E-state index is 10.8. The minimum atomic E-state index is -0.461. The molecule has 0 bridgehead atoms. The maximum Gasteiger partial charge on any atom is 0.311 e. The van der Waals surface area contributed by atoms with Gasteiger partial charge in [0.1, 0.15) is 0 Å². The summed E-state index contributed by atoms with van der Waals surface area (Å²) in [6, 6.07) is 12.7. The molecule has 6 heteroatoms. The highest BCUT2D eigenvalue weighted by atomic mass is 79.9. The number of anilines is 1. The number of nitrogens with zero attached hydrogens (tertiary/aromatic N) is 1. The Morgan fingerprint density at radius 3 is 2.55 bits per heavy atom. The molecular weight excluding hydrogens is 324 g/mol. The van der Waals surface area contributed by atoms with Gasteiger partial charge in [-0.3, -0.25) is 10.1 Å². The quantitative estimate of drug-likeness (QED) is 0.662. The number of benzene rings is 2. The Morgan fingerprint density at radius 2 is 1.95 bits per heavy atom. The Morgan fingerprint density at radius 1 is 1.25 bits per heavy atom. The van der Waals surface area contributed by atoms with Crippen LogP contribution in [0.25, 0.3) is 0 Å². The lowest BCUT2D eigenvalue weighted by atomic mass is 10.2. The van der Waals surface area contributed by atoms with Gasteiger partial charge in [0.2, 0.25) is 0 Å². The zero-order valence-electron chi connectivity index (χ0n) is 10.8. The van der Waals surface area contributed by atoms with Gasteiger partial charge in [-0.15, -0.1) is 0 Å². The molecule has 2 rings (SSSR count). The first-order chi connectivity index (χ1) is 9.60. The Balaban J connectivity index is 2.10. The van der Waals surface area contributed by atoms with Crippen LogP contribution in [0.2, 0.25) is 0 Å². The third-order valence-electron chi connectivity index (χ3n) is 2.79. The van der Waals surface area contributed by atoms with Crippen LogP contribution in [0.3, 0.4) is 0 Å². The van der Waals surface area contributed by atoms with Crippen LogP contribution in [0.1, 0.15) is 5.56 Å². The van der Waals surface area contributed by atoms with E-state index in [4.69, 9.17) is 4.74 Å². The van der Waals surface area contributed by atoms with E-state index in [1.165, 1.54) is 13.2 Å². The van der Waals surface area contributed by atoms with Gasteiger partial charge in [0, 0.05) is 28.8 Å². The number of rotatable bonds is 5. The van der Waals surface area contributed by atoms with Crippen molar-refractivity contribution < 1.29 is 9.66 Å². The lowest BCUT2D eigenvalue weighted by Crippen LogP contribution is -2.00. The number of nitro benzene ring substituents is 1. The SMILES string of the molecule is COc1cc(NCc2ccc(Br)cc2)ccc1[N+](=O)[O-]. The fourth-order valence-electron chi connectivity index (χ4n) is 1.74. The molecule has 0 saturated heterocycles. The Labute approximate surface area is 124 Å². The van der Waals surface area contributed by atoms with E-state index in [0.29, 0.717) is 6.54 Å². The summed E-state index contributed by atoms with van der Waals surface area (Å²) in [4.78, 5) is 10.3. The van der Waals surface area contributed by atoms with Gasteiger partial charge in [-0.25, -0.2) is 0 Å². The zero-order valence-corrected chi connectivity index (χ0v) is 12.4. The number of halogens is 1. The van der Waals surface area contributed by atoms with Crippen LogP contribution in [-0.4, -0.2) is 12.0 Å². The molecule has 5 nitrogen and oxygen atoms in total. The predicted molar refractivity (Wildman–Crippen MR) is 81.1 cm³/mol. The van der Waals surface area contributed by atoms with Gasteiger partial charge >= 0.3 is 5.69 Å². The second kappa shape index (κ2) is 6.38. The van der Waals surface area contributed by atoms with E-state index < -0.39 is 4.92 Å². The second-order valence-corrected chi connectivity index (χ2v) is 5.04. The summed E-state index contributed by atoms with van der Waals surface area (Å²) in [6.07, 6.45) is 0. The number of nitro groups is 1. The van der Waals surface area contributed by atoms with Crippen LogP contribution < -0.4 is 10.1 Å². The van der Waals surface area contributed by atoms with Crippen molar-refractivity contribution >= 4 is 27.3 Å². The average Bonchev–Trinajstić information content (AvgIpc) is 2.46. The molecule has 0 aliphatic carbocycles. The van der Waals surface area contributed by atoms with Gasteiger partial charge < -0.3 is 10.1 Å². The highest BCUT2D eigenvalue weighted by Gasteiger charge is 2.14. The first-order valence-corrected chi connectivity index (χ1v) is 6.70. The minimum Gasteiger partial charge on any atom is -0.490 e. The van der Waals surface area contributed by atoms with Crippen molar-refractivity contribution in [3.05, 3.63) is 62.6 Å². The van der Waals surface area contributed by atoms with E-state index in [9.17, 15) is 10.1 Å². The molecule has 0 atom stereocenters. The fraction of sp³-hybridized carbons (Fsp3) is 0.143. The van der Waals surface area contributed by atoms with Gasteiger partial charge in [0.25, 0.3) is 0 Å². The molecule has 0 aliphatic rings. The molecule has 0 fully saturated rings. The zero-order chi connectivity index (χ0) is 14.5. The van der Waals surface area contributed by atoms with Crippen LogP contribution >= 0.6 is 15.9 Å². The lowest BCUT2D eigenvalue weighted by Gasteiger charge is -2.08. The second-order valence-electron chi connectivity index (χ2n) is 4.12. The monoisotopic (exact) mass is 336 g/mol. The van der Waals surface area contributed by atoms with Crippen LogP contribution in [0.5, 0.6) is 5.75 Å². The van der Waals surface area contributed by atoms with E-state index in [1.54, 1.807) is 12.1 Å². The molecular formula is C14H13BrN2O3. The molecule has 0 spiro atoms. The van der Waals surface area contributed by atoms with E-state index in [-0.39, 0.29) is 11.4 Å². The highest BCUT2D eigenvalue weighted by Crippen LogP contribution is 2.29. The van der Waals surface area contributed by atoms with Gasteiger partial charge in [-0.2, -0.15) is 0 Å². The first-order valence-electron chi connectivity index (χ1n) is 5.91. The van der Waals surface area contributed by atoms with Crippen molar-refractivity contribution in [1.82, 2.24) is 0 Å². The standard InChI is InChI=1S/C14H13BrN2O3/c1-20-14-8-12(6-7-13(14)17(18)19)16-9-10-2-4-11(15)5-3-10/h2-8,16H,9H2,1H3. The van der Waals surface area contributed by atoms with Gasteiger partial charge in [0.15, 0.2) is 5.75 Å². The molecule has 0 radical (unpaired) electrons. The summed E-state index contributed by atoms with van der Waals surface area (Å²) in [5.41, 5.74) is 1.85. The maximum atomic E-state index is 10.8. The summed E-state index contributed by atoms with van der Waals surface area (Å²) < 4.78 is 6.05. The summed E-state index contributed by atoms with van der Waals surface area (Å²) in [5.74, 6) is 0.246. The van der Waals surface area contributed by atoms with E-state index >= 15 is 0 Å². The highest BCUT2D eigenvalue weighted by molar-refractivity contribution is 9.10. The van der Waals surface area contributed by atoms with Crippen molar-refractivity contribution in [2.24, 2.45) is 0 Å². The molecule has 1 N–H and O–H groups in total. The minimum absolute atomic E-state index is 0.0401. The smallest absolute Gasteiger partial charge is 0.311 e. The Kier molecular flexibility index (Phi) is 4.57. The summed E-state index contributed by atoms with van der Waals surface area (Å²) in [6.45, 7) is 0.633. The van der Waals surface area contributed by atoms with Crippen molar-refractivity contribution in [1.29, 1.82) is 0 Å². The molecule has 0 unspecified atom stereocenters. The van der Waals surface area contributed by atoms with Crippen LogP contribution in [0.4, 0.5) is 11.4 Å². The van der Waals surface area contributed by atoms with Crippen LogP contribution in [-0.2, 0) is 6.54 Å². The van der Waals surface area contributed by atoms with Crippen LogP contribution in [0.15, 0.2) is 46.9 Å². The van der Waals surface area contributed by atoms with Gasteiger partial charge in [-0.1, -0.05) is 28.1 Å². The van der Waals surface area contributed by atoms with E-state index in [1.807, 2.05) is 24.3 Å². The summed E-state index contributed by atoms with van der Waals surface area (Å²) >= 11 is 3.38. The lowest BCUT2D eigenvalue weighted by molar-refractivity contribution is -0.385. The third-order valence-corrected chi connectivity index (χ3v) is 3.31. The van der Waals surface area contributed by atoms with Gasteiger partial charge in [-0.05, 0) is 23.8 Å². The first kappa shape index (κ1) is 14.3. The third kappa shape index (κ3) is 3.48. The molecule has 104 valence electrons. The van der Waals surface area contributed by atoms with E-state index in [0.717, 1.165) is 15.7 Å². The fourth-order valence-corrected chi connectivity index (χ4v) is 2.01.